The fourth-order valence-electron chi connectivity index (χ4n) is 2.21. The SMILES string of the molecule is CCC(CN)(COC)N(C)Cc1cccc(C)n1. The van der Waals surface area contributed by atoms with Gasteiger partial charge in [0.2, 0.25) is 0 Å². The second-order valence-corrected chi connectivity index (χ2v) is 4.84. The molecule has 0 aliphatic heterocycles. The summed E-state index contributed by atoms with van der Waals surface area (Å²) in [7, 11) is 3.80. The topological polar surface area (TPSA) is 51.4 Å². The second-order valence-electron chi connectivity index (χ2n) is 4.84. The summed E-state index contributed by atoms with van der Waals surface area (Å²) in [5.74, 6) is 0. The maximum Gasteiger partial charge on any atom is 0.0658 e. The first kappa shape index (κ1) is 15.1. The number of likely N-dealkylation sites (N-methyl/N-ethyl adjacent to an activating group) is 1. The third kappa shape index (κ3) is 3.51. The Hall–Kier alpha value is -0.970. The van der Waals surface area contributed by atoms with Crippen LogP contribution in [0.25, 0.3) is 0 Å². The summed E-state index contributed by atoms with van der Waals surface area (Å²) < 4.78 is 5.33. The van der Waals surface area contributed by atoms with Crippen LogP contribution in [-0.4, -0.2) is 42.7 Å². The van der Waals surface area contributed by atoms with E-state index in [9.17, 15) is 0 Å². The first-order valence-electron chi connectivity index (χ1n) is 6.40. The minimum Gasteiger partial charge on any atom is -0.383 e. The highest BCUT2D eigenvalue weighted by Gasteiger charge is 2.31. The second kappa shape index (κ2) is 6.83. The van der Waals surface area contributed by atoms with E-state index in [-0.39, 0.29) is 5.54 Å². The molecule has 0 aliphatic carbocycles. The lowest BCUT2D eigenvalue weighted by molar-refractivity contribution is 0.0227. The average molecular weight is 251 g/mol. The van der Waals surface area contributed by atoms with E-state index in [0.29, 0.717) is 13.2 Å². The van der Waals surface area contributed by atoms with Crippen molar-refractivity contribution in [1.29, 1.82) is 0 Å². The molecule has 2 N–H and O–H groups in total. The number of nitrogens with two attached hydrogens (primary N) is 1. The number of methoxy groups -OCH3 is 1. The molecule has 1 heterocycles. The van der Waals surface area contributed by atoms with Crippen molar-refractivity contribution in [1.82, 2.24) is 9.88 Å². The van der Waals surface area contributed by atoms with E-state index in [4.69, 9.17) is 10.5 Å². The molecule has 0 aliphatic rings. The van der Waals surface area contributed by atoms with Crippen molar-refractivity contribution < 1.29 is 4.74 Å². The van der Waals surface area contributed by atoms with Crippen molar-refractivity contribution in [2.24, 2.45) is 5.73 Å². The number of hydrogen-bond donors (Lipinski definition) is 1. The Morgan fingerprint density at radius 2 is 2.17 bits per heavy atom. The van der Waals surface area contributed by atoms with Crippen LogP contribution < -0.4 is 5.73 Å². The van der Waals surface area contributed by atoms with Crippen molar-refractivity contribution in [3.05, 3.63) is 29.6 Å². The van der Waals surface area contributed by atoms with Crippen molar-refractivity contribution in [3.63, 3.8) is 0 Å². The van der Waals surface area contributed by atoms with Gasteiger partial charge in [0.15, 0.2) is 0 Å². The molecule has 1 atom stereocenters. The first-order valence-corrected chi connectivity index (χ1v) is 6.40. The average Bonchev–Trinajstić information content (AvgIpc) is 2.36. The van der Waals surface area contributed by atoms with Gasteiger partial charge < -0.3 is 10.5 Å². The smallest absolute Gasteiger partial charge is 0.0658 e. The Balaban J connectivity index is 2.81. The van der Waals surface area contributed by atoms with E-state index >= 15 is 0 Å². The molecule has 1 aromatic heterocycles. The minimum atomic E-state index is -0.111. The van der Waals surface area contributed by atoms with E-state index in [1.54, 1.807) is 7.11 Å². The molecule has 102 valence electrons. The summed E-state index contributed by atoms with van der Waals surface area (Å²) in [6.45, 7) is 6.17. The Bertz CT molecular complexity index is 364. The zero-order chi connectivity index (χ0) is 13.6. The van der Waals surface area contributed by atoms with Gasteiger partial charge in [0, 0.05) is 25.9 Å². The van der Waals surface area contributed by atoms with Gasteiger partial charge in [0.1, 0.15) is 0 Å². The molecule has 18 heavy (non-hydrogen) atoms. The van der Waals surface area contributed by atoms with Crippen LogP contribution in [-0.2, 0) is 11.3 Å². The molecule has 0 bridgehead atoms. The Morgan fingerprint density at radius 3 is 2.67 bits per heavy atom. The molecule has 0 aromatic carbocycles. The van der Waals surface area contributed by atoms with Crippen LogP contribution in [0, 0.1) is 6.92 Å². The van der Waals surface area contributed by atoms with Crippen LogP contribution in [0.15, 0.2) is 18.2 Å². The van der Waals surface area contributed by atoms with Gasteiger partial charge in [0.25, 0.3) is 0 Å². The molecule has 0 saturated heterocycles. The van der Waals surface area contributed by atoms with Crippen molar-refractivity contribution >= 4 is 0 Å². The van der Waals surface area contributed by atoms with Gasteiger partial charge in [-0.05, 0) is 32.5 Å². The van der Waals surface area contributed by atoms with Gasteiger partial charge in [-0.3, -0.25) is 9.88 Å². The maximum absolute atomic E-state index is 5.95. The standard InChI is InChI=1S/C14H25N3O/c1-5-14(10-15,11-18-4)17(3)9-13-8-6-7-12(2)16-13/h6-8H,5,9-11,15H2,1-4H3. The number of hydrogen-bond acceptors (Lipinski definition) is 4. The van der Waals surface area contributed by atoms with Crippen molar-refractivity contribution in [2.75, 3.05) is 27.3 Å². The summed E-state index contributed by atoms with van der Waals surface area (Å²) >= 11 is 0. The summed E-state index contributed by atoms with van der Waals surface area (Å²) in [6, 6.07) is 6.10. The monoisotopic (exact) mass is 251 g/mol. The molecule has 4 nitrogen and oxygen atoms in total. The predicted octanol–water partition coefficient (Wildman–Crippen LogP) is 1.58. The highest BCUT2D eigenvalue weighted by molar-refractivity contribution is 5.10. The van der Waals surface area contributed by atoms with Crippen LogP contribution in [0.2, 0.25) is 0 Å². The Labute approximate surface area is 110 Å². The van der Waals surface area contributed by atoms with Crippen LogP contribution in [0.1, 0.15) is 24.7 Å². The van der Waals surface area contributed by atoms with E-state index in [2.05, 4.69) is 23.9 Å². The molecule has 0 radical (unpaired) electrons. The lowest BCUT2D eigenvalue weighted by Crippen LogP contribution is -2.54. The molecule has 1 rings (SSSR count). The summed E-state index contributed by atoms with van der Waals surface area (Å²) in [5.41, 5.74) is 7.95. The molecule has 1 unspecified atom stereocenters. The molecule has 0 saturated carbocycles. The highest BCUT2D eigenvalue weighted by Crippen LogP contribution is 2.19. The first-order chi connectivity index (χ1) is 8.57. The molecular weight excluding hydrogens is 226 g/mol. The normalized spacial score (nSPS) is 14.8. The number of ether oxygens (including phenoxy) is 1. The van der Waals surface area contributed by atoms with Gasteiger partial charge in [-0.1, -0.05) is 13.0 Å². The lowest BCUT2D eigenvalue weighted by Gasteiger charge is -2.39. The van der Waals surface area contributed by atoms with Crippen LogP contribution in [0.4, 0.5) is 0 Å². The van der Waals surface area contributed by atoms with E-state index < -0.39 is 0 Å². The van der Waals surface area contributed by atoms with Gasteiger partial charge in [-0.2, -0.15) is 0 Å². The van der Waals surface area contributed by atoms with Crippen molar-refractivity contribution in [3.8, 4) is 0 Å². The van der Waals surface area contributed by atoms with E-state index in [1.165, 1.54) is 0 Å². The maximum atomic E-state index is 5.95. The third-order valence-corrected chi connectivity index (χ3v) is 3.61. The number of pyridine rings is 1. The van der Waals surface area contributed by atoms with Gasteiger partial charge in [-0.25, -0.2) is 0 Å². The number of aryl methyl sites for hydroxylation is 1. The highest BCUT2D eigenvalue weighted by atomic mass is 16.5. The zero-order valence-electron chi connectivity index (χ0n) is 11.9. The Kier molecular flexibility index (Phi) is 5.72. The molecule has 0 fully saturated rings. The third-order valence-electron chi connectivity index (χ3n) is 3.61. The van der Waals surface area contributed by atoms with Crippen LogP contribution >= 0.6 is 0 Å². The Morgan fingerprint density at radius 1 is 1.44 bits per heavy atom. The summed E-state index contributed by atoms with van der Waals surface area (Å²) in [5, 5.41) is 0. The van der Waals surface area contributed by atoms with E-state index in [0.717, 1.165) is 24.4 Å². The van der Waals surface area contributed by atoms with Crippen LogP contribution in [0.5, 0.6) is 0 Å². The number of aromatic nitrogens is 1. The molecular formula is C14H25N3O. The largest absolute Gasteiger partial charge is 0.383 e. The fourth-order valence-corrected chi connectivity index (χ4v) is 2.21. The van der Waals surface area contributed by atoms with E-state index in [1.807, 2.05) is 25.1 Å². The van der Waals surface area contributed by atoms with Gasteiger partial charge in [-0.15, -0.1) is 0 Å². The minimum absolute atomic E-state index is 0.111. The lowest BCUT2D eigenvalue weighted by atomic mass is 9.95. The molecule has 0 amide bonds. The van der Waals surface area contributed by atoms with Crippen LogP contribution in [0.3, 0.4) is 0 Å². The van der Waals surface area contributed by atoms with Gasteiger partial charge >= 0.3 is 0 Å². The predicted molar refractivity (Wildman–Crippen MR) is 74.4 cm³/mol. The molecule has 1 aromatic rings. The number of nitrogens with zero attached hydrogens (tertiary/aromatic N) is 2. The van der Waals surface area contributed by atoms with Crippen molar-refractivity contribution in [2.45, 2.75) is 32.4 Å². The molecule has 4 heteroatoms. The molecule has 0 spiro atoms. The summed E-state index contributed by atoms with van der Waals surface area (Å²) in [6.07, 6.45) is 0.958. The number of rotatable bonds is 7. The fraction of sp³-hybridized carbons (Fsp3) is 0.643. The summed E-state index contributed by atoms with van der Waals surface area (Å²) in [4.78, 5) is 6.78. The van der Waals surface area contributed by atoms with Gasteiger partial charge in [0.05, 0.1) is 17.8 Å². The quantitative estimate of drug-likeness (QED) is 0.799. The zero-order valence-corrected chi connectivity index (χ0v) is 11.9.